The molecule has 0 spiro atoms. The molecule has 0 aromatic heterocycles. The van der Waals surface area contributed by atoms with Crippen molar-refractivity contribution < 1.29 is 24.7 Å². The molecule has 23 heavy (non-hydrogen) atoms. The molecule has 0 rings (SSSR count). The number of rotatable bonds is 15. The van der Waals surface area contributed by atoms with E-state index in [2.05, 4.69) is 6.92 Å². The van der Waals surface area contributed by atoms with Crippen LogP contribution >= 0.6 is 7.82 Å². The zero-order valence-electron chi connectivity index (χ0n) is 16.6. The highest BCUT2D eigenvalue weighted by Gasteiger charge is 2.26. The minimum absolute atomic E-state index is 0.246. The highest BCUT2D eigenvalue weighted by Crippen LogP contribution is 2.39. The number of nitrogens with zero attached hydrogens (tertiary/aromatic N) is 1. The van der Waals surface area contributed by atoms with Crippen LogP contribution in [0.5, 0.6) is 0 Å². The average molecular weight is 353 g/mol. The summed E-state index contributed by atoms with van der Waals surface area (Å²) < 4.78 is 24.7. The minimum Gasteiger partial charge on any atom is -0.329 e. The lowest BCUT2D eigenvalue weighted by atomic mass is 10.0. The molecule has 6 heteroatoms. The van der Waals surface area contributed by atoms with Gasteiger partial charge in [-0.2, -0.15) is 0 Å². The van der Waals surface area contributed by atoms with E-state index in [1.54, 1.807) is 0 Å². The van der Waals surface area contributed by atoms with Crippen molar-refractivity contribution in [2.24, 2.45) is 0 Å². The van der Waals surface area contributed by atoms with Gasteiger partial charge >= 0.3 is 7.82 Å². The van der Waals surface area contributed by atoms with Gasteiger partial charge in [-0.25, -0.2) is 4.57 Å². The predicted molar refractivity (Wildman–Crippen MR) is 96.3 cm³/mol. The fourth-order valence-electron chi connectivity index (χ4n) is 2.66. The number of phosphoric ester groups is 1. The van der Waals surface area contributed by atoms with Crippen LogP contribution in [0, 0.1) is 0 Å². The molecule has 0 aliphatic rings. The fourth-order valence-corrected chi connectivity index (χ4v) is 3.15. The van der Waals surface area contributed by atoms with E-state index in [4.69, 9.17) is 15.7 Å². The standard InChI is InChI=1S/C17H38NO4P/c1-5-6-7-8-9-10-11-12-13-14-15-17(16-18(2,3)4)22-23(19,20)21/h17H,5-16H2,1-4H3,(H-,19,20,21)/p+1/i17D. The number of hydrogen-bond acceptors (Lipinski definition) is 2. The molecule has 0 aliphatic carbocycles. The summed E-state index contributed by atoms with van der Waals surface area (Å²) in [5.41, 5.74) is 0. The molecule has 0 saturated heterocycles. The normalized spacial score (nSPS) is 16.2. The minimum atomic E-state index is -4.65. The largest absolute Gasteiger partial charge is 0.470 e. The van der Waals surface area contributed by atoms with Crippen molar-refractivity contribution in [3.63, 3.8) is 0 Å². The van der Waals surface area contributed by atoms with Crippen LogP contribution in [-0.2, 0) is 9.09 Å². The third kappa shape index (κ3) is 18.3. The molecule has 0 heterocycles. The molecule has 0 amide bonds. The first kappa shape index (κ1) is 21.1. The Hall–Kier alpha value is 0.0700. The SMILES string of the molecule is [2H]C(CCCCCCCCCCCC)(C[N+](C)(C)C)OP(=O)(O)O. The van der Waals surface area contributed by atoms with E-state index in [1.807, 2.05) is 21.1 Å². The van der Waals surface area contributed by atoms with E-state index in [0.717, 1.165) is 19.3 Å². The van der Waals surface area contributed by atoms with Crippen LogP contribution < -0.4 is 0 Å². The second-order valence-electron chi connectivity index (χ2n) is 7.50. The molecule has 1 atom stereocenters. The molecule has 0 radical (unpaired) electrons. The Bertz CT molecular complexity index is 370. The third-order valence-corrected chi connectivity index (χ3v) is 4.20. The summed E-state index contributed by atoms with van der Waals surface area (Å²) in [4.78, 5) is 18.1. The maximum absolute atomic E-state index is 11.2. The van der Waals surface area contributed by atoms with Crippen LogP contribution in [0.4, 0.5) is 0 Å². The molecular weight excluding hydrogens is 313 g/mol. The van der Waals surface area contributed by atoms with Gasteiger partial charge < -0.3 is 14.3 Å². The predicted octanol–water partition coefficient (Wildman–Crippen LogP) is 4.48. The van der Waals surface area contributed by atoms with E-state index >= 15 is 0 Å². The highest BCUT2D eigenvalue weighted by molar-refractivity contribution is 7.46. The molecule has 0 aromatic rings. The van der Waals surface area contributed by atoms with Crippen molar-refractivity contribution in [1.82, 2.24) is 0 Å². The van der Waals surface area contributed by atoms with Crippen LogP contribution in [0.3, 0.4) is 0 Å². The van der Waals surface area contributed by atoms with E-state index in [1.165, 1.54) is 44.9 Å². The lowest BCUT2D eigenvalue weighted by Crippen LogP contribution is -2.42. The molecule has 0 fully saturated rings. The Balaban J connectivity index is 4.01. The van der Waals surface area contributed by atoms with Gasteiger partial charge in [0.15, 0.2) is 0 Å². The number of quaternary nitrogens is 1. The Morgan fingerprint density at radius 3 is 1.78 bits per heavy atom. The topological polar surface area (TPSA) is 66.8 Å². The summed E-state index contributed by atoms with van der Waals surface area (Å²) in [5.74, 6) is 0. The van der Waals surface area contributed by atoms with E-state index in [0.29, 0.717) is 10.9 Å². The van der Waals surface area contributed by atoms with Crippen molar-refractivity contribution in [2.45, 2.75) is 83.6 Å². The molecule has 2 N–H and O–H groups in total. The summed E-state index contributed by atoms with van der Waals surface area (Å²) in [6.45, 7) is 2.47. The summed E-state index contributed by atoms with van der Waals surface area (Å²) in [5, 5.41) is 0. The van der Waals surface area contributed by atoms with E-state index in [-0.39, 0.29) is 6.54 Å². The molecule has 0 aliphatic heterocycles. The van der Waals surface area contributed by atoms with Crippen LogP contribution in [-0.4, -0.2) is 48.0 Å². The van der Waals surface area contributed by atoms with Gasteiger partial charge in [-0.05, 0) is 6.42 Å². The third-order valence-electron chi connectivity index (χ3n) is 3.71. The quantitative estimate of drug-likeness (QED) is 0.259. The van der Waals surface area contributed by atoms with Gasteiger partial charge in [0, 0.05) is 0 Å². The van der Waals surface area contributed by atoms with Crippen LogP contribution in [0.2, 0.25) is 0 Å². The smallest absolute Gasteiger partial charge is 0.329 e. The molecule has 5 nitrogen and oxygen atoms in total. The Kier molecular flexibility index (Phi) is 11.4. The van der Waals surface area contributed by atoms with Crippen molar-refractivity contribution in [1.29, 1.82) is 0 Å². The summed E-state index contributed by atoms with van der Waals surface area (Å²) >= 11 is 0. The van der Waals surface area contributed by atoms with Crippen molar-refractivity contribution in [2.75, 3.05) is 27.7 Å². The average Bonchev–Trinajstić information content (AvgIpc) is 2.36. The summed E-state index contributed by atoms with van der Waals surface area (Å²) in [6, 6.07) is 0. The molecule has 0 aromatic carbocycles. The van der Waals surface area contributed by atoms with Gasteiger partial charge in [0.2, 0.25) is 0 Å². The summed E-state index contributed by atoms with van der Waals surface area (Å²) in [7, 11) is 1.03. The first-order valence-electron chi connectivity index (χ1n) is 9.54. The number of phosphoric acid groups is 1. The monoisotopic (exact) mass is 353 g/mol. The van der Waals surface area contributed by atoms with Gasteiger partial charge in [0.1, 0.15) is 12.6 Å². The zero-order chi connectivity index (χ0) is 18.7. The molecule has 0 bridgehead atoms. The molecule has 140 valence electrons. The molecule has 0 saturated carbocycles. The van der Waals surface area contributed by atoms with Crippen LogP contribution in [0.15, 0.2) is 0 Å². The van der Waals surface area contributed by atoms with Crippen molar-refractivity contribution >= 4 is 7.82 Å². The Labute approximate surface area is 144 Å². The molecule has 1 unspecified atom stereocenters. The summed E-state index contributed by atoms with van der Waals surface area (Å²) in [6.07, 6.45) is 10.7. The first-order chi connectivity index (χ1) is 11.0. The van der Waals surface area contributed by atoms with E-state index < -0.39 is 13.9 Å². The van der Waals surface area contributed by atoms with E-state index in [9.17, 15) is 4.57 Å². The highest BCUT2D eigenvalue weighted by atomic mass is 31.2. The fraction of sp³-hybridized carbons (Fsp3) is 1.00. The lowest BCUT2D eigenvalue weighted by Gasteiger charge is -2.29. The Morgan fingerprint density at radius 2 is 1.39 bits per heavy atom. The van der Waals surface area contributed by atoms with Gasteiger partial charge in [0.05, 0.1) is 22.5 Å². The number of unbranched alkanes of at least 4 members (excludes halogenated alkanes) is 9. The van der Waals surface area contributed by atoms with Crippen molar-refractivity contribution in [3.8, 4) is 0 Å². The second kappa shape index (κ2) is 12.4. The van der Waals surface area contributed by atoms with Gasteiger partial charge in [0.25, 0.3) is 0 Å². The number of likely N-dealkylation sites (N-methyl/N-ethyl adjacent to an activating group) is 1. The van der Waals surface area contributed by atoms with Crippen LogP contribution in [0.1, 0.15) is 78.9 Å². The van der Waals surface area contributed by atoms with Crippen molar-refractivity contribution in [3.05, 3.63) is 0 Å². The number of hydrogen-bond donors (Lipinski definition) is 2. The maximum Gasteiger partial charge on any atom is 0.470 e. The van der Waals surface area contributed by atoms with Gasteiger partial charge in [-0.3, -0.25) is 4.52 Å². The van der Waals surface area contributed by atoms with Gasteiger partial charge in [-0.1, -0.05) is 71.1 Å². The first-order valence-corrected chi connectivity index (χ1v) is 10.6. The van der Waals surface area contributed by atoms with Gasteiger partial charge in [-0.15, -0.1) is 0 Å². The molecular formula is C17H39NO4P+. The second-order valence-corrected chi connectivity index (χ2v) is 8.66. The Morgan fingerprint density at radius 1 is 0.957 bits per heavy atom. The zero-order valence-corrected chi connectivity index (χ0v) is 16.5. The maximum atomic E-state index is 11.2. The lowest BCUT2D eigenvalue weighted by molar-refractivity contribution is -0.873. The van der Waals surface area contributed by atoms with Crippen LogP contribution in [0.25, 0.3) is 0 Å².